The van der Waals surface area contributed by atoms with E-state index in [0.717, 1.165) is 0 Å². The fourth-order valence-corrected chi connectivity index (χ4v) is 3.32. The molecular weight excluding hydrogens is 406 g/mol. The van der Waals surface area contributed by atoms with Crippen molar-refractivity contribution in [3.8, 4) is 16.9 Å². The van der Waals surface area contributed by atoms with E-state index in [0.29, 0.717) is 24.0 Å². The molecular formula is C23H26F2N2O4. The largest absolute Gasteiger partial charge is 0.494 e. The van der Waals surface area contributed by atoms with Gasteiger partial charge < -0.3 is 20.1 Å². The average molecular weight is 432 g/mol. The molecule has 0 bridgehead atoms. The van der Waals surface area contributed by atoms with Crippen LogP contribution in [0.2, 0.25) is 0 Å². The van der Waals surface area contributed by atoms with E-state index in [1.54, 1.807) is 32.9 Å². The highest BCUT2D eigenvalue weighted by atomic mass is 19.1. The third-order valence-electron chi connectivity index (χ3n) is 4.89. The van der Waals surface area contributed by atoms with E-state index in [2.05, 4.69) is 10.6 Å². The molecule has 0 aromatic heterocycles. The van der Waals surface area contributed by atoms with Gasteiger partial charge in [0.15, 0.2) is 11.6 Å². The molecule has 8 heteroatoms. The van der Waals surface area contributed by atoms with Gasteiger partial charge in [-0.3, -0.25) is 4.79 Å². The molecule has 2 amide bonds. The van der Waals surface area contributed by atoms with Gasteiger partial charge in [-0.1, -0.05) is 12.1 Å². The summed E-state index contributed by atoms with van der Waals surface area (Å²) in [6.07, 6.45) is 0.574. The van der Waals surface area contributed by atoms with Gasteiger partial charge in [0.1, 0.15) is 11.4 Å². The van der Waals surface area contributed by atoms with Crippen molar-refractivity contribution in [3.05, 3.63) is 53.6 Å². The first kappa shape index (κ1) is 22.5. The number of amides is 2. The van der Waals surface area contributed by atoms with E-state index in [9.17, 15) is 18.4 Å². The van der Waals surface area contributed by atoms with E-state index in [1.807, 2.05) is 0 Å². The molecule has 31 heavy (non-hydrogen) atoms. The smallest absolute Gasteiger partial charge is 0.407 e. The Labute approximate surface area is 179 Å². The number of halogens is 2. The van der Waals surface area contributed by atoms with Crippen molar-refractivity contribution in [1.82, 2.24) is 10.6 Å². The number of carbonyl (C=O) groups is 2. The van der Waals surface area contributed by atoms with Gasteiger partial charge in [-0.2, -0.15) is 0 Å². The molecule has 1 aliphatic carbocycles. The van der Waals surface area contributed by atoms with Crippen molar-refractivity contribution in [3.63, 3.8) is 0 Å². The van der Waals surface area contributed by atoms with Gasteiger partial charge in [0, 0.05) is 12.1 Å². The Morgan fingerprint density at radius 1 is 0.935 bits per heavy atom. The summed E-state index contributed by atoms with van der Waals surface area (Å²) in [6.45, 7) is 5.34. The zero-order chi connectivity index (χ0) is 22.8. The number of hydrogen-bond donors (Lipinski definition) is 2. The summed E-state index contributed by atoms with van der Waals surface area (Å²) in [7, 11) is 1.36. The number of rotatable bonds is 5. The van der Waals surface area contributed by atoms with Crippen molar-refractivity contribution in [2.45, 2.75) is 51.3 Å². The SMILES string of the molecule is COc1ccc(-c2ccc(C(=O)NC3CC(NC(=O)OC(C)(C)C)C3)c(F)c2)cc1F. The Balaban J connectivity index is 1.56. The third-order valence-corrected chi connectivity index (χ3v) is 4.89. The highest BCUT2D eigenvalue weighted by Crippen LogP contribution is 2.27. The molecule has 0 aliphatic heterocycles. The zero-order valence-electron chi connectivity index (χ0n) is 17.9. The van der Waals surface area contributed by atoms with Crippen LogP contribution < -0.4 is 15.4 Å². The normalized spacial score (nSPS) is 18.0. The topological polar surface area (TPSA) is 76.7 Å². The summed E-state index contributed by atoms with van der Waals surface area (Å²) < 4.78 is 38.5. The minimum absolute atomic E-state index is 0.0960. The van der Waals surface area contributed by atoms with Crippen LogP contribution in [0.3, 0.4) is 0 Å². The van der Waals surface area contributed by atoms with Crippen molar-refractivity contribution in [1.29, 1.82) is 0 Å². The maximum atomic E-state index is 14.6. The van der Waals surface area contributed by atoms with Gasteiger partial charge in [0.05, 0.1) is 12.7 Å². The maximum Gasteiger partial charge on any atom is 0.407 e. The third kappa shape index (κ3) is 5.71. The summed E-state index contributed by atoms with van der Waals surface area (Å²) in [6, 6.07) is 8.19. The minimum Gasteiger partial charge on any atom is -0.494 e. The number of ether oxygens (including phenoxy) is 2. The van der Waals surface area contributed by atoms with Gasteiger partial charge in [0.2, 0.25) is 0 Å². The quantitative estimate of drug-likeness (QED) is 0.733. The first-order valence-electron chi connectivity index (χ1n) is 9.99. The lowest BCUT2D eigenvalue weighted by atomic mass is 9.86. The Hall–Kier alpha value is -3.16. The van der Waals surface area contributed by atoms with Gasteiger partial charge in [-0.05, 0) is 69.0 Å². The summed E-state index contributed by atoms with van der Waals surface area (Å²) in [5, 5.41) is 5.50. The van der Waals surface area contributed by atoms with Crippen LogP contribution in [0.4, 0.5) is 13.6 Å². The van der Waals surface area contributed by atoms with Crippen LogP contribution in [0.15, 0.2) is 36.4 Å². The number of hydrogen-bond acceptors (Lipinski definition) is 4. The Morgan fingerprint density at radius 3 is 2.06 bits per heavy atom. The lowest BCUT2D eigenvalue weighted by Gasteiger charge is -2.36. The summed E-state index contributed by atoms with van der Waals surface area (Å²) in [5.74, 6) is -1.69. The predicted octanol–water partition coefficient (Wildman–Crippen LogP) is 4.43. The number of nitrogens with one attached hydrogen (secondary N) is 2. The Morgan fingerprint density at radius 2 is 1.52 bits per heavy atom. The van der Waals surface area contributed by atoms with Crippen LogP contribution in [0.1, 0.15) is 44.0 Å². The molecule has 3 rings (SSSR count). The van der Waals surface area contributed by atoms with Gasteiger partial charge in [-0.15, -0.1) is 0 Å². The molecule has 0 atom stereocenters. The summed E-state index contributed by atoms with van der Waals surface area (Å²) in [4.78, 5) is 24.2. The molecule has 2 aromatic rings. The van der Waals surface area contributed by atoms with E-state index in [4.69, 9.17) is 9.47 Å². The van der Waals surface area contributed by atoms with E-state index in [-0.39, 0.29) is 23.4 Å². The van der Waals surface area contributed by atoms with Crippen LogP contribution in [0, 0.1) is 11.6 Å². The summed E-state index contributed by atoms with van der Waals surface area (Å²) in [5.41, 5.74) is 0.240. The minimum atomic E-state index is -0.700. The van der Waals surface area contributed by atoms with Crippen LogP contribution >= 0.6 is 0 Å². The first-order valence-corrected chi connectivity index (χ1v) is 9.99. The number of methoxy groups -OCH3 is 1. The van der Waals surface area contributed by atoms with Crippen LogP contribution in [0.5, 0.6) is 5.75 Å². The Bertz CT molecular complexity index is 982. The van der Waals surface area contributed by atoms with Crippen molar-refractivity contribution < 1.29 is 27.8 Å². The van der Waals surface area contributed by atoms with Gasteiger partial charge in [0.25, 0.3) is 5.91 Å². The van der Waals surface area contributed by atoms with Crippen LogP contribution in [0.25, 0.3) is 11.1 Å². The molecule has 0 saturated heterocycles. The number of benzene rings is 2. The molecule has 0 unspecified atom stereocenters. The number of carbonyl (C=O) groups excluding carboxylic acids is 2. The second-order valence-corrected chi connectivity index (χ2v) is 8.53. The predicted molar refractivity (Wildman–Crippen MR) is 112 cm³/mol. The highest BCUT2D eigenvalue weighted by Gasteiger charge is 2.33. The second-order valence-electron chi connectivity index (χ2n) is 8.53. The van der Waals surface area contributed by atoms with Crippen molar-refractivity contribution in [2.24, 2.45) is 0 Å². The van der Waals surface area contributed by atoms with E-state index >= 15 is 0 Å². The molecule has 166 valence electrons. The lowest BCUT2D eigenvalue weighted by Crippen LogP contribution is -2.54. The van der Waals surface area contributed by atoms with Gasteiger partial charge in [-0.25, -0.2) is 13.6 Å². The van der Waals surface area contributed by atoms with Crippen LogP contribution in [-0.4, -0.2) is 36.8 Å². The monoisotopic (exact) mass is 432 g/mol. The lowest BCUT2D eigenvalue weighted by molar-refractivity contribution is 0.0465. The average Bonchev–Trinajstić information content (AvgIpc) is 2.64. The fourth-order valence-electron chi connectivity index (χ4n) is 3.32. The second kappa shape index (κ2) is 8.91. The van der Waals surface area contributed by atoms with Crippen molar-refractivity contribution in [2.75, 3.05) is 7.11 Å². The highest BCUT2D eigenvalue weighted by molar-refractivity contribution is 5.95. The number of alkyl carbamates (subject to hydrolysis) is 1. The molecule has 2 aromatic carbocycles. The molecule has 0 heterocycles. The van der Waals surface area contributed by atoms with Crippen molar-refractivity contribution >= 4 is 12.0 Å². The summed E-state index contributed by atoms with van der Waals surface area (Å²) >= 11 is 0. The molecule has 2 N–H and O–H groups in total. The fraction of sp³-hybridized carbons (Fsp3) is 0.391. The first-order chi connectivity index (χ1) is 14.6. The molecule has 1 fully saturated rings. The molecule has 6 nitrogen and oxygen atoms in total. The van der Waals surface area contributed by atoms with Crippen LogP contribution in [-0.2, 0) is 4.74 Å². The molecule has 0 radical (unpaired) electrons. The molecule has 1 saturated carbocycles. The Kier molecular flexibility index (Phi) is 6.48. The van der Waals surface area contributed by atoms with Gasteiger partial charge >= 0.3 is 6.09 Å². The van der Waals surface area contributed by atoms with E-state index < -0.39 is 29.2 Å². The zero-order valence-corrected chi connectivity index (χ0v) is 17.9. The van der Waals surface area contributed by atoms with E-state index in [1.165, 1.54) is 31.4 Å². The maximum absolute atomic E-state index is 14.6. The molecule has 0 spiro atoms. The molecule has 1 aliphatic rings. The standard InChI is InChI=1S/C23H26F2N2O4/c1-23(2,3)31-22(29)27-16-11-15(12-16)26-21(28)17-7-5-13(9-18(17)24)14-6-8-20(30-4)19(25)10-14/h5-10,15-16H,11-12H2,1-4H3,(H,26,28)(H,27,29).